The average molecular weight is 289 g/mol. The molecule has 1 aliphatic heterocycles. The van der Waals surface area contributed by atoms with Crippen molar-refractivity contribution in [2.45, 2.75) is 25.7 Å². The summed E-state index contributed by atoms with van der Waals surface area (Å²) in [7, 11) is 1.87. The number of carbonyl (C=O) groups excluding carboxylic acids is 1. The number of carbonyl (C=O) groups is 1. The second kappa shape index (κ2) is 8.15. The van der Waals surface area contributed by atoms with Crippen LogP contribution in [-0.4, -0.2) is 55.5 Å². The van der Waals surface area contributed by atoms with E-state index >= 15 is 0 Å². The molecule has 0 aromatic heterocycles. The molecule has 0 saturated heterocycles. The van der Waals surface area contributed by atoms with E-state index < -0.39 is 0 Å². The highest BCUT2D eigenvalue weighted by Crippen LogP contribution is 2.15. The lowest BCUT2D eigenvalue weighted by atomic mass is 10.0. The molecule has 1 aromatic carbocycles. The maximum absolute atomic E-state index is 12.1. The number of amides is 1. The van der Waals surface area contributed by atoms with Gasteiger partial charge in [0, 0.05) is 39.6 Å². The minimum Gasteiger partial charge on any atom is -0.346 e. The molecule has 0 bridgehead atoms. The first-order valence-corrected chi connectivity index (χ1v) is 7.94. The lowest BCUT2D eigenvalue weighted by Crippen LogP contribution is -2.34. The van der Waals surface area contributed by atoms with Gasteiger partial charge in [-0.05, 0) is 36.9 Å². The van der Waals surface area contributed by atoms with Crippen molar-refractivity contribution in [1.29, 1.82) is 0 Å². The maximum Gasteiger partial charge on any atom is 0.223 e. The molecule has 0 unspecified atom stereocenters. The molecular weight excluding hydrogens is 262 g/mol. The molecule has 0 atom stereocenters. The van der Waals surface area contributed by atoms with E-state index in [1.54, 1.807) is 4.90 Å². The minimum atomic E-state index is 0.227. The summed E-state index contributed by atoms with van der Waals surface area (Å²) in [6, 6.07) is 8.68. The predicted molar refractivity (Wildman–Crippen MR) is 86.2 cm³/mol. The van der Waals surface area contributed by atoms with Crippen LogP contribution >= 0.6 is 0 Å². The third-order valence-corrected chi connectivity index (χ3v) is 4.28. The highest BCUT2D eigenvalue weighted by molar-refractivity contribution is 5.76. The van der Waals surface area contributed by atoms with Crippen LogP contribution in [0.5, 0.6) is 0 Å². The Hall–Kier alpha value is -1.39. The van der Waals surface area contributed by atoms with Gasteiger partial charge >= 0.3 is 0 Å². The van der Waals surface area contributed by atoms with Gasteiger partial charge in [0.1, 0.15) is 0 Å². The van der Waals surface area contributed by atoms with Crippen LogP contribution in [0.25, 0.3) is 0 Å². The Kier molecular flexibility index (Phi) is 6.21. The van der Waals surface area contributed by atoms with Gasteiger partial charge in [-0.3, -0.25) is 4.79 Å². The Balaban J connectivity index is 1.76. The number of hydrogen-bond acceptors (Lipinski definition) is 3. The van der Waals surface area contributed by atoms with E-state index in [4.69, 9.17) is 5.73 Å². The molecule has 0 aliphatic carbocycles. The monoisotopic (exact) mass is 289 g/mol. The van der Waals surface area contributed by atoms with Gasteiger partial charge in [0.25, 0.3) is 0 Å². The van der Waals surface area contributed by atoms with Crippen LogP contribution < -0.4 is 5.73 Å². The molecule has 21 heavy (non-hydrogen) atoms. The van der Waals surface area contributed by atoms with Gasteiger partial charge in [-0.15, -0.1) is 0 Å². The maximum atomic E-state index is 12.1. The zero-order valence-corrected chi connectivity index (χ0v) is 13.1. The van der Waals surface area contributed by atoms with Gasteiger partial charge in [-0.25, -0.2) is 0 Å². The van der Waals surface area contributed by atoms with Gasteiger partial charge in [-0.2, -0.15) is 0 Å². The molecule has 1 aliphatic rings. The fraction of sp³-hybridized carbons (Fsp3) is 0.588. The number of nitrogens with zero attached hydrogens (tertiary/aromatic N) is 2. The van der Waals surface area contributed by atoms with Crippen LogP contribution in [0.2, 0.25) is 0 Å². The third kappa shape index (κ3) is 4.83. The lowest BCUT2D eigenvalue weighted by molar-refractivity contribution is -0.130. The molecule has 0 radical (unpaired) electrons. The standard InChI is InChI=1S/C17H27N3O/c1-19(11-4-10-18)17(21)9-14-20-12-7-15-5-2-3-6-16(15)8-13-20/h2-3,5-6H,4,7-14,18H2,1H3. The van der Waals surface area contributed by atoms with Crippen molar-refractivity contribution in [3.05, 3.63) is 35.4 Å². The van der Waals surface area contributed by atoms with E-state index in [-0.39, 0.29) is 5.91 Å². The quantitative estimate of drug-likeness (QED) is 0.858. The van der Waals surface area contributed by atoms with E-state index in [9.17, 15) is 4.79 Å². The van der Waals surface area contributed by atoms with Crippen molar-refractivity contribution in [3.63, 3.8) is 0 Å². The molecule has 2 N–H and O–H groups in total. The second-order valence-electron chi connectivity index (χ2n) is 5.82. The van der Waals surface area contributed by atoms with Gasteiger partial charge in [0.15, 0.2) is 0 Å². The van der Waals surface area contributed by atoms with Crippen LogP contribution in [0.4, 0.5) is 0 Å². The summed E-state index contributed by atoms with van der Waals surface area (Å²) in [4.78, 5) is 16.3. The number of rotatable bonds is 6. The molecule has 116 valence electrons. The van der Waals surface area contributed by atoms with E-state index in [0.29, 0.717) is 13.0 Å². The summed E-state index contributed by atoms with van der Waals surface area (Å²) in [6.45, 7) is 4.37. The summed E-state index contributed by atoms with van der Waals surface area (Å²) in [5.41, 5.74) is 8.41. The first kappa shape index (κ1) is 16.0. The molecular formula is C17H27N3O. The van der Waals surface area contributed by atoms with E-state index in [2.05, 4.69) is 29.2 Å². The SMILES string of the molecule is CN(CCCN)C(=O)CCN1CCc2ccccc2CC1. The molecule has 1 amide bonds. The Morgan fingerprint density at radius 2 is 1.86 bits per heavy atom. The Labute approximate surface area is 127 Å². The molecule has 0 saturated carbocycles. The van der Waals surface area contributed by atoms with Crippen molar-refractivity contribution >= 4 is 5.91 Å². The van der Waals surface area contributed by atoms with Gasteiger partial charge in [-0.1, -0.05) is 24.3 Å². The molecule has 1 heterocycles. The highest BCUT2D eigenvalue weighted by Gasteiger charge is 2.15. The van der Waals surface area contributed by atoms with Crippen molar-refractivity contribution in [2.24, 2.45) is 5.73 Å². The van der Waals surface area contributed by atoms with Crippen LogP contribution in [0.1, 0.15) is 24.0 Å². The fourth-order valence-electron chi connectivity index (χ4n) is 2.84. The average Bonchev–Trinajstić information content (AvgIpc) is 2.72. The smallest absolute Gasteiger partial charge is 0.223 e. The third-order valence-electron chi connectivity index (χ3n) is 4.28. The van der Waals surface area contributed by atoms with Gasteiger partial charge < -0.3 is 15.5 Å². The topological polar surface area (TPSA) is 49.6 Å². The van der Waals surface area contributed by atoms with E-state index in [1.165, 1.54) is 11.1 Å². The second-order valence-corrected chi connectivity index (χ2v) is 5.82. The number of fused-ring (bicyclic) bond motifs is 1. The summed E-state index contributed by atoms with van der Waals surface area (Å²) in [5.74, 6) is 0.227. The largest absolute Gasteiger partial charge is 0.346 e. The van der Waals surface area contributed by atoms with Crippen molar-refractivity contribution in [1.82, 2.24) is 9.80 Å². The molecule has 4 nitrogen and oxygen atoms in total. The highest BCUT2D eigenvalue weighted by atomic mass is 16.2. The zero-order chi connectivity index (χ0) is 15.1. The molecule has 4 heteroatoms. The summed E-state index contributed by atoms with van der Waals surface area (Å²) in [6.07, 6.45) is 3.67. The van der Waals surface area contributed by atoms with Crippen LogP contribution in [0.15, 0.2) is 24.3 Å². The Morgan fingerprint density at radius 1 is 1.24 bits per heavy atom. The summed E-state index contributed by atoms with van der Waals surface area (Å²) < 4.78 is 0. The normalized spacial score (nSPS) is 15.3. The first-order chi connectivity index (χ1) is 10.2. The summed E-state index contributed by atoms with van der Waals surface area (Å²) in [5, 5.41) is 0. The Bertz CT molecular complexity index is 434. The van der Waals surface area contributed by atoms with Gasteiger partial charge in [0.05, 0.1) is 0 Å². The van der Waals surface area contributed by atoms with Gasteiger partial charge in [0.2, 0.25) is 5.91 Å². The lowest BCUT2D eigenvalue weighted by Gasteiger charge is -2.22. The zero-order valence-electron chi connectivity index (χ0n) is 13.1. The number of hydrogen-bond donors (Lipinski definition) is 1. The van der Waals surface area contributed by atoms with Crippen LogP contribution in [0, 0.1) is 0 Å². The molecule has 0 spiro atoms. The Morgan fingerprint density at radius 3 is 2.43 bits per heavy atom. The van der Waals surface area contributed by atoms with Crippen LogP contribution in [-0.2, 0) is 17.6 Å². The van der Waals surface area contributed by atoms with E-state index in [1.807, 2.05) is 7.05 Å². The fourth-order valence-corrected chi connectivity index (χ4v) is 2.84. The van der Waals surface area contributed by atoms with Crippen molar-refractivity contribution < 1.29 is 4.79 Å². The molecule has 0 fully saturated rings. The van der Waals surface area contributed by atoms with Crippen LogP contribution in [0.3, 0.4) is 0 Å². The number of benzene rings is 1. The van der Waals surface area contributed by atoms with Crippen molar-refractivity contribution in [3.8, 4) is 0 Å². The molecule has 1 aromatic rings. The summed E-state index contributed by atoms with van der Waals surface area (Å²) >= 11 is 0. The van der Waals surface area contributed by atoms with E-state index in [0.717, 1.165) is 45.4 Å². The predicted octanol–water partition coefficient (Wildman–Crippen LogP) is 1.28. The van der Waals surface area contributed by atoms with Crippen molar-refractivity contribution in [2.75, 3.05) is 39.8 Å². The minimum absolute atomic E-state index is 0.227. The molecule has 2 rings (SSSR count). The first-order valence-electron chi connectivity index (χ1n) is 7.94. The number of nitrogens with two attached hydrogens (primary N) is 1.